The van der Waals surface area contributed by atoms with Crippen LogP contribution in [0.25, 0.3) is 11.1 Å². The van der Waals surface area contributed by atoms with Crippen molar-refractivity contribution >= 4 is 5.97 Å². The molecule has 172 valence electrons. The maximum absolute atomic E-state index is 10.5. The molecule has 3 aromatic rings. The first-order chi connectivity index (χ1) is 15.9. The molecule has 0 radical (unpaired) electrons. The van der Waals surface area contributed by atoms with Crippen molar-refractivity contribution in [2.45, 2.75) is 45.4 Å². The molecule has 0 bridgehead atoms. The van der Waals surface area contributed by atoms with Crippen LogP contribution in [-0.4, -0.2) is 34.9 Å². The van der Waals surface area contributed by atoms with Gasteiger partial charge in [-0.1, -0.05) is 24.3 Å². The summed E-state index contributed by atoms with van der Waals surface area (Å²) in [6.07, 6.45) is 3.74. The Morgan fingerprint density at radius 3 is 2.73 bits per heavy atom. The lowest BCUT2D eigenvalue weighted by Crippen LogP contribution is -2.07. The van der Waals surface area contributed by atoms with Crippen molar-refractivity contribution in [3.05, 3.63) is 70.4 Å². The normalized spacial score (nSPS) is 15.7. The van der Waals surface area contributed by atoms with E-state index >= 15 is 0 Å². The summed E-state index contributed by atoms with van der Waals surface area (Å²) < 4.78 is 10.5. The van der Waals surface area contributed by atoms with E-state index in [4.69, 9.17) is 19.7 Å². The highest BCUT2D eigenvalue weighted by atomic mass is 16.5. The zero-order chi connectivity index (χ0) is 23.5. The number of fused-ring (bicyclic) bond motifs is 2. The number of ether oxygens (including phenoxy) is 2. The summed E-state index contributed by atoms with van der Waals surface area (Å²) >= 11 is 0. The fraction of sp³-hybridized carbons (Fsp3) is 0.333. The number of aromatic hydroxyl groups is 1. The number of benzene rings is 2. The number of aliphatic carboxylic acids is 1. The number of carboxylic acids is 1. The molecule has 1 atom stereocenters. The lowest BCUT2D eigenvalue weighted by molar-refractivity contribution is -0.137. The largest absolute Gasteiger partial charge is 0.508 e. The summed E-state index contributed by atoms with van der Waals surface area (Å²) in [6.45, 7) is 4.59. The molecule has 2 N–H and O–H groups in total. The van der Waals surface area contributed by atoms with Gasteiger partial charge in [-0.25, -0.2) is 4.98 Å². The van der Waals surface area contributed by atoms with Crippen LogP contribution in [0, 0.1) is 13.8 Å². The number of carboxylic acid groups (broad SMARTS) is 1. The Morgan fingerprint density at radius 2 is 2.00 bits per heavy atom. The molecule has 1 aliphatic carbocycles. The molecular weight excluding hydrogens is 418 g/mol. The molecule has 6 nitrogen and oxygen atoms in total. The topological polar surface area (TPSA) is 88.9 Å². The van der Waals surface area contributed by atoms with Crippen LogP contribution >= 0.6 is 0 Å². The highest BCUT2D eigenvalue weighted by molar-refractivity contribution is 5.74. The van der Waals surface area contributed by atoms with Gasteiger partial charge in [-0.3, -0.25) is 4.79 Å². The second-order valence-corrected chi connectivity index (χ2v) is 8.57. The number of carbonyl (C=O) groups is 1. The third-order valence-electron chi connectivity index (χ3n) is 6.30. The van der Waals surface area contributed by atoms with E-state index in [2.05, 4.69) is 37.0 Å². The molecule has 0 saturated heterocycles. The van der Waals surface area contributed by atoms with E-state index in [1.807, 2.05) is 6.07 Å². The van der Waals surface area contributed by atoms with Crippen molar-refractivity contribution in [3.63, 3.8) is 0 Å². The number of phenolic OH excluding ortho intramolecular Hbond substituents is 1. The molecule has 33 heavy (non-hydrogen) atoms. The summed E-state index contributed by atoms with van der Waals surface area (Å²) in [6, 6.07) is 13.4. The van der Waals surface area contributed by atoms with Gasteiger partial charge < -0.3 is 19.7 Å². The van der Waals surface area contributed by atoms with Gasteiger partial charge in [0.1, 0.15) is 11.5 Å². The molecule has 0 saturated carbocycles. The van der Waals surface area contributed by atoms with E-state index in [-0.39, 0.29) is 18.1 Å². The zero-order valence-electron chi connectivity index (χ0n) is 19.2. The van der Waals surface area contributed by atoms with E-state index in [1.165, 1.54) is 53.1 Å². The van der Waals surface area contributed by atoms with E-state index in [1.54, 1.807) is 19.2 Å². The average molecular weight is 448 g/mol. The predicted molar refractivity (Wildman–Crippen MR) is 126 cm³/mol. The fourth-order valence-electron chi connectivity index (χ4n) is 4.81. The quantitative estimate of drug-likeness (QED) is 0.571. The Hall–Kier alpha value is -3.54. The Bertz CT molecular complexity index is 1160. The lowest BCUT2D eigenvalue weighted by atomic mass is 9.93. The monoisotopic (exact) mass is 447 g/mol. The molecule has 0 amide bonds. The molecule has 1 aliphatic heterocycles. The number of methoxy groups -OCH3 is 1. The number of rotatable bonds is 4. The number of phenols is 1. The van der Waals surface area contributed by atoms with Crippen molar-refractivity contribution in [1.82, 2.24) is 4.98 Å². The third-order valence-corrected chi connectivity index (χ3v) is 6.30. The van der Waals surface area contributed by atoms with Crippen LogP contribution in [0.15, 0.2) is 42.5 Å². The molecule has 0 fully saturated rings. The minimum absolute atomic E-state index is 0.0672. The van der Waals surface area contributed by atoms with Crippen LogP contribution in [0.2, 0.25) is 0 Å². The molecule has 6 heteroatoms. The van der Waals surface area contributed by atoms with Crippen LogP contribution in [0.4, 0.5) is 0 Å². The minimum Gasteiger partial charge on any atom is -0.508 e. The van der Waals surface area contributed by atoms with Gasteiger partial charge in [-0.2, -0.15) is 0 Å². The van der Waals surface area contributed by atoms with Crippen LogP contribution in [0.1, 0.15) is 46.7 Å². The van der Waals surface area contributed by atoms with Gasteiger partial charge in [0.05, 0.1) is 20.1 Å². The van der Waals surface area contributed by atoms with Crippen molar-refractivity contribution in [3.8, 4) is 28.5 Å². The van der Waals surface area contributed by atoms with Gasteiger partial charge in [0.15, 0.2) is 0 Å². The molecule has 2 aromatic carbocycles. The van der Waals surface area contributed by atoms with Gasteiger partial charge in [0.2, 0.25) is 5.88 Å². The first-order valence-corrected chi connectivity index (χ1v) is 11.2. The second-order valence-electron chi connectivity index (χ2n) is 8.57. The Kier molecular flexibility index (Phi) is 6.54. The molecule has 1 aromatic heterocycles. The maximum atomic E-state index is 10.5. The summed E-state index contributed by atoms with van der Waals surface area (Å²) in [5.74, 6) is 0.505. The number of aryl methyl sites for hydroxylation is 3. The number of hydrogen-bond acceptors (Lipinski definition) is 5. The van der Waals surface area contributed by atoms with Gasteiger partial charge in [0.25, 0.3) is 0 Å². The standard InChI is InChI=1S/C17H19NO.C10H10O4/c1-11-10-16(19-3)18-12(2)17(11)15-9-5-7-13-6-4-8-14(13)15;11-7-1-2-8-6(3-10(12)13)5-14-9(8)4-7/h5,7,9-10H,4,6,8H2,1-3H3;1-2,4,6,11H,3,5H2,(H,12,13). The number of hydrogen-bond donors (Lipinski definition) is 2. The van der Waals surface area contributed by atoms with Crippen molar-refractivity contribution in [2.24, 2.45) is 0 Å². The zero-order valence-corrected chi connectivity index (χ0v) is 19.2. The first kappa shape index (κ1) is 22.6. The van der Waals surface area contributed by atoms with E-state index in [0.29, 0.717) is 18.2 Å². The van der Waals surface area contributed by atoms with E-state index in [0.717, 1.165) is 11.3 Å². The lowest BCUT2D eigenvalue weighted by Gasteiger charge is -2.14. The smallest absolute Gasteiger partial charge is 0.304 e. The Balaban J connectivity index is 0.000000165. The van der Waals surface area contributed by atoms with Crippen molar-refractivity contribution in [1.29, 1.82) is 0 Å². The Morgan fingerprint density at radius 1 is 1.18 bits per heavy atom. The second kappa shape index (κ2) is 9.53. The van der Waals surface area contributed by atoms with Crippen molar-refractivity contribution < 1.29 is 24.5 Å². The first-order valence-electron chi connectivity index (χ1n) is 11.2. The highest BCUT2D eigenvalue weighted by Gasteiger charge is 2.26. The van der Waals surface area contributed by atoms with Gasteiger partial charge in [-0.15, -0.1) is 0 Å². The summed E-state index contributed by atoms with van der Waals surface area (Å²) in [7, 11) is 1.67. The summed E-state index contributed by atoms with van der Waals surface area (Å²) in [4.78, 5) is 15.1. The molecule has 0 spiro atoms. The van der Waals surface area contributed by atoms with Gasteiger partial charge >= 0.3 is 5.97 Å². The molecule has 2 heterocycles. The summed E-state index contributed by atoms with van der Waals surface area (Å²) in [5, 5.41) is 17.8. The van der Waals surface area contributed by atoms with E-state index < -0.39 is 5.97 Å². The minimum atomic E-state index is -0.834. The van der Waals surface area contributed by atoms with E-state index in [9.17, 15) is 4.79 Å². The van der Waals surface area contributed by atoms with Gasteiger partial charge in [0, 0.05) is 34.9 Å². The molecular formula is C27H29NO5. The van der Waals surface area contributed by atoms with Crippen LogP contribution < -0.4 is 9.47 Å². The molecule has 2 aliphatic rings. The summed E-state index contributed by atoms with van der Waals surface area (Å²) in [5.41, 5.74) is 8.82. The molecule has 1 unspecified atom stereocenters. The number of nitrogens with zero attached hydrogens (tertiary/aromatic N) is 1. The Labute approximate surface area is 193 Å². The van der Waals surface area contributed by atoms with Crippen LogP contribution in [0.3, 0.4) is 0 Å². The van der Waals surface area contributed by atoms with Crippen molar-refractivity contribution in [2.75, 3.05) is 13.7 Å². The molecule has 5 rings (SSSR count). The van der Waals surface area contributed by atoms with Gasteiger partial charge in [-0.05, 0) is 61.4 Å². The number of pyridine rings is 1. The average Bonchev–Trinajstić information content (AvgIpc) is 3.40. The fourth-order valence-corrected chi connectivity index (χ4v) is 4.81. The maximum Gasteiger partial charge on any atom is 0.304 e. The SMILES string of the molecule is COc1cc(C)c(-c2cccc3c2CCC3)c(C)n1.O=C(O)CC1COc2cc(O)ccc21. The van der Waals surface area contributed by atoms with Crippen LogP contribution in [-0.2, 0) is 17.6 Å². The highest BCUT2D eigenvalue weighted by Crippen LogP contribution is 2.38. The predicted octanol–water partition coefficient (Wildman–Crippen LogP) is 5.21. The number of aromatic nitrogens is 1. The van der Waals surface area contributed by atoms with Crippen LogP contribution in [0.5, 0.6) is 17.4 Å². The third kappa shape index (κ3) is 4.80.